The highest BCUT2D eigenvalue weighted by atomic mass is 28.4. The van der Waals surface area contributed by atoms with Crippen LogP contribution in [0.1, 0.15) is 12.8 Å². The topological polar surface area (TPSA) is 38.3 Å². The van der Waals surface area contributed by atoms with E-state index >= 15 is 0 Å². The molecule has 12 heavy (non-hydrogen) atoms. The van der Waals surface area contributed by atoms with Gasteiger partial charge in [-0.25, -0.2) is 0 Å². The fourth-order valence-electron chi connectivity index (χ4n) is 1.26. The first-order chi connectivity index (χ1) is 5.49. The molecule has 4 heteroatoms. The Balaban J connectivity index is 2.37. The van der Waals surface area contributed by atoms with E-state index in [1.54, 1.807) is 0 Å². The summed E-state index contributed by atoms with van der Waals surface area (Å²) in [6.07, 6.45) is 2.02. The van der Waals surface area contributed by atoms with Crippen molar-refractivity contribution in [3.8, 4) is 0 Å². The molecule has 0 saturated carbocycles. The minimum absolute atomic E-state index is 0.0308. The minimum atomic E-state index is -1.68. The van der Waals surface area contributed by atoms with Crippen LogP contribution in [0.25, 0.3) is 0 Å². The molecule has 0 amide bonds. The van der Waals surface area contributed by atoms with Crippen LogP contribution in [0, 0.1) is 0 Å². The van der Waals surface area contributed by atoms with E-state index in [1.165, 1.54) is 0 Å². The van der Waals surface area contributed by atoms with E-state index in [9.17, 15) is 4.79 Å². The highest BCUT2D eigenvalue weighted by molar-refractivity contribution is 6.71. The predicted molar refractivity (Wildman–Crippen MR) is 50.5 cm³/mol. The molecule has 0 aromatic heterocycles. The summed E-state index contributed by atoms with van der Waals surface area (Å²) in [6, 6.07) is -0.0308. The van der Waals surface area contributed by atoms with E-state index < -0.39 is 8.32 Å². The Labute approximate surface area is 74.6 Å². The molecule has 1 rings (SSSR count). The summed E-state index contributed by atoms with van der Waals surface area (Å²) in [4.78, 5) is 11.4. The number of hydrogen-bond donors (Lipinski definition) is 1. The Kier molecular flexibility index (Phi) is 2.90. The zero-order valence-corrected chi connectivity index (χ0v) is 9.02. The molecule has 0 spiro atoms. The lowest BCUT2D eigenvalue weighted by atomic mass is 10.2. The van der Waals surface area contributed by atoms with Gasteiger partial charge in [0.2, 0.25) is 8.32 Å². The van der Waals surface area contributed by atoms with Crippen LogP contribution in [0.5, 0.6) is 0 Å². The van der Waals surface area contributed by atoms with E-state index in [-0.39, 0.29) is 12.0 Å². The minimum Gasteiger partial charge on any atom is -0.519 e. The average molecular weight is 187 g/mol. The molecule has 1 N–H and O–H groups in total. The monoisotopic (exact) mass is 187 g/mol. The van der Waals surface area contributed by atoms with Gasteiger partial charge in [0.1, 0.15) is 6.04 Å². The third-order valence-electron chi connectivity index (χ3n) is 1.75. The van der Waals surface area contributed by atoms with Crippen LogP contribution in [-0.4, -0.2) is 26.9 Å². The summed E-state index contributed by atoms with van der Waals surface area (Å²) in [6.45, 7) is 7.03. The second-order valence-corrected chi connectivity index (χ2v) is 8.61. The summed E-state index contributed by atoms with van der Waals surface area (Å²) in [5.74, 6) is -0.0494. The van der Waals surface area contributed by atoms with Crippen molar-refractivity contribution >= 4 is 14.3 Å². The van der Waals surface area contributed by atoms with Crippen LogP contribution in [0.3, 0.4) is 0 Å². The number of hydrogen-bond acceptors (Lipinski definition) is 3. The maximum atomic E-state index is 11.4. The van der Waals surface area contributed by atoms with Gasteiger partial charge in [0.25, 0.3) is 0 Å². The largest absolute Gasteiger partial charge is 0.519 e. The lowest BCUT2D eigenvalue weighted by Crippen LogP contribution is -2.39. The van der Waals surface area contributed by atoms with Gasteiger partial charge in [0.15, 0.2) is 0 Å². The van der Waals surface area contributed by atoms with Crippen molar-refractivity contribution in [3.05, 3.63) is 0 Å². The second kappa shape index (κ2) is 3.58. The molecule has 1 fully saturated rings. The van der Waals surface area contributed by atoms with Gasteiger partial charge in [-0.2, -0.15) is 0 Å². The van der Waals surface area contributed by atoms with Crippen LogP contribution in [-0.2, 0) is 9.22 Å². The quantitative estimate of drug-likeness (QED) is 0.658. The Bertz CT molecular complexity index is 170. The maximum absolute atomic E-state index is 11.4. The van der Waals surface area contributed by atoms with Crippen LogP contribution >= 0.6 is 0 Å². The first-order valence-electron chi connectivity index (χ1n) is 4.45. The summed E-state index contributed by atoms with van der Waals surface area (Å²) >= 11 is 0. The van der Waals surface area contributed by atoms with E-state index in [0.717, 1.165) is 19.4 Å². The first-order valence-corrected chi connectivity index (χ1v) is 7.86. The zero-order chi connectivity index (χ0) is 9.19. The van der Waals surface area contributed by atoms with E-state index in [1.807, 2.05) is 19.6 Å². The van der Waals surface area contributed by atoms with Gasteiger partial charge >= 0.3 is 5.97 Å². The number of rotatable bonds is 2. The van der Waals surface area contributed by atoms with E-state index in [2.05, 4.69) is 5.32 Å². The summed E-state index contributed by atoms with van der Waals surface area (Å²) in [7, 11) is -1.68. The average Bonchev–Trinajstić information content (AvgIpc) is 2.32. The fraction of sp³-hybridized carbons (Fsp3) is 0.875. The van der Waals surface area contributed by atoms with Crippen molar-refractivity contribution in [2.24, 2.45) is 0 Å². The smallest absolute Gasteiger partial charge is 0.309 e. The fourth-order valence-corrected chi connectivity index (χ4v) is 2.00. The Morgan fingerprint density at radius 2 is 2.17 bits per heavy atom. The van der Waals surface area contributed by atoms with Crippen LogP contribution in [0.15, 0.2) is 0 Å². The summed E-state index contributed by atoms with van der Waals surface area (Å²) < 4.78 is 5.36. The van der Waals surface area contributed by atoms with Gasteiger partial charge < -0.3 is 9.74 Å². The molecule has 1 atom stereocenters. The molecule has 0 aromatic rings. The van der Waals surface area contributed by atoms with Gasteiger partial charge in [-0.3, -0.25) is 4.79 Å². The zero-order valence-electron chi connectivity index (χ0n) is 8.02. The Morgan fingerprint density at radius 3 is 2.58 bits per heavy atom. The normalized spacial score (nSPS) is 24.1. The first kappa shape index (κ1) is 9.73. The summed E-state index contributed by atoms with van der Waals surface area (Å²) in [5.41, 5.74) is 0. The van der Waals surface area contributed by atoms with Crippen molar-refractivity contribution in [3.63, 3.8) is 0 Å². The number of carbonyl (C=O) groups is 1. The molecule has 0 radical (unpaired) electrons. The molecular weight excluding hydrogens is 170 g/mol. The van der Waals surface area contributed by atoms with Crippen LogP contribution in [0.2, 0.25) is 19.6 Å². The van der Waals surface area contributed by atoms with Crippen LogP contribution < -0.4 is 5.32 Å². The molecule has 0 aromatic carbocycles. The van der Waals surface area contributed by atoms with Crippen molar-refractivity contribution < 1.29 is 9.22 Å². The predicted octanol–water partition coefficient (Wildman–Crippen LogP) is 1.12. The molecule has 0 unspecified atom stereocenters. The maximum Gasteiger partial charge on any atom is 0.309 e. The molecule has 0 aliphatic carbocycles. The molecule has 3 nitrogen and oxygen atoms in total. The van der Waals surface area contributed by atoms with E-state index in [0.29, 0.717) is 0 Å². The van der Waals surface area contributed by atoms with Crippen molar-refractivity contribution in [2.75, 3.05) is 6.54 Å². The van der Waals surface area contributed by atoms with E-state index in [4.69, 9.17) is 4.43 Å². The third kappa shape index (κ3) is 2.95. The number of nitrogens with one attached hydrogen (secondary N) is 1. The van der Waals surface area contributed by atoms with Crippen molar-refractivity contribution in [1.29, 1.82) is 0 Å². The molecule has 70 valence electrons. The highest BCUT2D eigenvalue weighted by Gasteiger charge is 2.28. The highest BCUT2D eigenvalue weighted by Crippen LogP contribution is 2.10. The molecule has 1 heterocycles. The van der Waals surface area contributed by atoms with Gasteiger partial charge in [0, 0.05) is 0 Å². The molecule has 0 bridgehead atoms. The van der Waals surface area contributed by atoms with Gasteiger partial charge in [0.05, 0.1) is 0 Å². The number of carbonyl (C=O) groups excluding carboxylic acids is 1. The lowest BCUT2D eigenvalue weighted by Gasteiger charge is -2.20. The van der Waals surface area contributed by atoms with Crippen LogP contribution in [0.4, 0.5) is 0 Å². The standard InChI is InChI=1S/C8H17NO2Si/c1-12(2,3)11-8(10)7-5-4-6-9-7/h7,9H,4-6H2,1-3H3/t7-/m0/s1. The SMILES string of the molecule is C[Si](C)(C)OC(=O)[C@@H]1CCCN1. The molecule has 1 saturated heterocycles. The molecule has 1 aliphatic rings. The van der Waals surface area contributed by atoms with Gasteiger partial charge in [-0.15, -0.1) is 0 Å². The van der Waals surface area contributed by atoms with Gasteiger partial charge in [-0.05, 0) is 39.0 Å². The second-order valence-electron chi connectivity index (χ2n) is 4.18. The molecular formula is C8H17NO2Si. The lowest BCUT2D eigenvalue weighted by molar-refractivity contribution is -0.137. The Morgan fingerprint density at radius 1 is 1.50 bits per heavy atom. The summed E-state index contributed by atoms with van der Waals surface area (Å²) in [5, 5.41) is 3.13. The van der Waals surface area contributed by atoms with Crippen molar-refractivity contribution in [2.45, 2.75) is 38.5 Å². The third-order valence-corrected chi connectivity index (χ3v) is 2.57. The Hall–Kier alpha value is -0.353. The van der Waals surface area contributed by atoms with Gasteiger partial charge in [-0.1, -0.05) is 0 Å². The van der Waals surface area contributed by atoms with Crippen molar-refractivity contribution in [1.82, 2.24) is 5.32 Å². The molecule has 1 aliphatic heterocycles.